The van der Waals surface area contributed by atoms with Crippen molar-refractivity contribution in [3.8, 4) is 0 Å². The maximum absolute atomic E-state index is 4.98. The molecular weight excluding hydrogens is 474 g/mol. The lowest BCUT2D eigenvalue weighted by atomic mass is 9.90. The predicted molar refractivity (Wildman–Crippen MR) is 154 cm³/mol. The molecule has 1 aliphatic rings. The fraction of sp³-hybridized carbons (Fsp3) is 0.385. The van der Waals surface area contributed by atoms with Gasteiger partial charge in [-0.15, -0.1) is 5.10 Å². The molecule has 7 nitrogen and oxygen atoms in total. The van der Waals surface area contributed by atoms with Crippen molar-refractivity contribution in [2.45, 2.75) is 45.6 Å². The zero-order chi connectivity index (χ0) is 26.2. The molecular formula is C26H39N7S2. The first-order valence-corrected chi connectivity index (χ1v) is 13.8. The summed E-state index contributed by atoms with van der Waals surface area (Å²) >= 11 is 2.90. The molecule has 2 N–H and O–H groups in total. The van der Waals surface area contributed by atoms with E-state index in [4.69, 9.17) is 5.10 Å². The number of nitrogens with zero attached hydrogens (tertiary/aromatic N) is 6. The molecule has 0 amide bonds. The number of aryl methyl sites for hydroxylation is 2. The van der Waals surface area contributed by atoms with Crippen LogP contribution in [-0.4, -0.2) is 50.7 Å². The number of thioether (sulfide) groups is 1. The Balaban J connectivity index is 0.000000949. The van der Waals surface area contributed by atoms with Crippen LogP contribution in [0.5, 0.6) is 0 Å². The van der Waals surface area contributed by atoms with Gasteiger partial charge in [0, 0.05) is 24.9 Å². The Morgan fingerprint density at radius 3 is 2.17 bits per heavy atom. The standard InChI is InChI=1S/C21H22N6S2.2C2H6.CH5N/c1-15-9-11-17(12-10-15)20-18(16-7-5-4-6-8-16)14-27(24-20)21(28-3)25-29-19-13-22-26(2)23-19;3*1-2/h4-13,18H,14H2,1-3H3;2*1-2H3;2H2,1H3. The van der Waals surface area contributed by atoms with Gasteiger partial charge in [-0.3, -0.25) is 0 Å². The van der Waals surface area contributed by atoms with E-state index in [0.29, 0.717) is 0 Å². The van der Waals surface area contributed by atoms with E-state index in [1.807, 2.05) is 45.0 Å². The molecule has 0 saturated heterocycles. The lowest BCUT2D eigenvalue weighted by Gasteiger charge is -2.16. The van der Waals surface area contributed by atoms with Crippen LogP contribution in [0.25, 0.3) is 0 Å². The molecule has 1 unspecified atom stereocenters. The lowest BCUT2D eigenvalue weighted by molar-refractivity contribution is 0.485. The Morgan fingerprint density at radius 2 is 1.63 bits per heavy atom. The summed E-state index contributed by atoms with van der Waals surface area (Å²) in [4.78, 5) is 1.53. The highest BCUT2D eigenvalue weighted by Gasteiger charge is 2.31. The van der Waals surface area contributed by atoms with Gasteiger partial charge in [-0.05, 0) is 31.4 Å². The highest BCUT2D eigenvalue weighted by Crippen LogP contribution is 2.31. The number of rotatable bonds is 4. The van der Waals surface area contributed by atoms with Gasteiger partial charge in [0.2, 0.25) is 0 Å². The zero-order valence-corrected chi connectivity index (χ0v) is 23.8. The Morgan fingerprint density at radius 1 is 1.00 bits per heavy atom. The van der Waals surface area contributed by atoms with Crippen molar-refractivity contribution < 1.29 is 0 Å². The minimum Gasteiger partial charge on any atom is -0.333 e. The Hall–Kier alpha value is -2.62. The van der Waals surface area contributed by atoms with E-state index in [1.54, 1.807) is 25.0 Å². The zero-order valence-electron chi connectivity index (χ0n) is 22.1. The third-order valence-electron chi connectivity index (χ3n) is 4.66. The van der Waals surface area contributed by atoms with Gasteiger partial charge in [0.05, 0.1) is 18.5 Å². The molecule has 1 aromatic heterocycles. The average molecular weight is 514 g/mol. The monoisotopic (exact) mass is 513 g/mol. The number of benzene rings is 2. The first-order valence-electron chi connectivity index (χ1n) is 11.8. The summed E-state index contributed by atoms with van der Waals surface area (Å²) in [6, 6.07) is 19.1. The average Bonchev–Trinajstić information content (AvgIpc) is 3.56. The largest absolute Gasteiger partial charge is 0.333 e. The lowest BCUT2D eigenvalue weighted by Crippen LogP contribution is -2.23. The molecule has 0 spiro atoms. The molecule has 0 radical (unpaired) electrons. The molecule has 0 aliphatic carbocycles. The van der Waals surface area contributed by atoms with Crippen molar-refractivity contribution in [2.24, 2.45) is 22.3 Å². The van der Waals surface area contributed by atoms with Crippen molar-refractivity contribution in [2.75, 3.05) is 19.8 Å². The van der Waals surface area contributed by atoms with Crippen LogP contribution in [0.1, 0.15) is 50.3 Å². The number of hydrogen-bond donors (Lipinski definition) is 1. The molecule has 2 heterocycles. The van der Waals surface area contributed by atoms with Crippen LogP contribution in [0.4, 0.5) is 0 Å². The van der Waals surface area contributed by atoms with Crippen LogP contribution >= 0.6 is 23.7 Å². The Labute approximate surface area is 219 Å². The normalized spacial score (nSPS) is 14.5. The van der Waals surface area contributed by atoms with Gasteiger partial charge in [0.15, 0.2) is 10.2 Å². The van der Waals surface area contributed by atoms with E-state index < -0.39 is 0 Å². The molecule has 1 aliphatic heterocycles. The third kappa shape index (κ3) is 8.83. The Bertz CT molecular complexity index is 1030. The van der Waals surface area contributed by atoms with E-state index >= 15 is 0 Å². The Kier molecular flexibility index (Phi) is 14.7. The van der Waals surface area contributed by atoms with E-state index in [1.165, 1.54) is 34.9 Å². The molecule has 35 heavy (non-hydrogen) atoms. The molecule has 1 atom stereocenters. The van der Waals surface area contributed by atoms with Crippen LogP contribution in [-0.2, 0) is 7.05 Å². The quantitative estimate of drug-likeness (QED) is 0.262. The summed E-state index contributed by atoms with van der Waals surface area (Å²) in [5, 5.41) is 17.0. The van der Waals surface area contributed by atoms with E-state index in [2.05, 4.69) is 75.8 Å². The maximum atomic E-state index is 4.98. The molecule has 0 saturated carbocycles. The molecule has 3 aromatic rings. The third-order valence-corrected chi connectivity index (χ3v) is 6.08. The van der Waals surface area contributed by atoms with Crippen LogP contribution < -0.4 is 5.73 Å². The molecule has 0 fully saturated rings. The fourth-order valence-corrected chi connectivity index (χ4v) is 4.45. The second-order valence-electron chi connectivity index (χ2n) is 6.74. The van der Waals surface area contributed by atoms with Crippen molar-refractivity contribution in [3.05, 3.63) is 77.5 Å². The summed E-state index contributed by atoms with van der Waals surface area (Å²) in [6.45, 7) is 10.9. The van der Waals surface area contributed by atoms with E-state index in [-0.39, 0.29) is 5.92 Å². The van der Waals surface area contributed by atoms with Gasteiger partial charge in [-0.2, -0.15) is 19.4 Å². The maximum Gasteiger partial charge on any atom is 0.191 e. The van der Waals surface area contributed by atoms with Gasteiger partial charge in [0.1, 0.15) is 0 Å². The minimum absolute atomic E-state index is 0.192. The SMILES string of the molecule is CC.CC.CN.CSC(=NSc1cnn(C)n1)N1CC(c2ccccc2)C(c2ccc(C)cc2)=N1. The van der Waals surface area contributed by atoms with Crippen LogP contribution in [0, 0.1) is 6.92 Å². The van der Waals surface area contributed by atoms with Crippen molar-refractivity contribution in [1.82, 2.24) is 20.0 Å². The highest BCUT2D eigenvalue weighted by molar-refractivity contribution is 8.14. The minimum atomic E-state index is 0.192. The molecule has 190 valence electrons. The smallest absolute Gasteiger partial charge is 0.191 e. The second kappa shape index (κ2) is 16.9. The summed E-state index contributed by atoms with van der Waals surface area (Å²) in [7, 11) is 3.30. The highest BCUT2D eigenvalue weighted by atomic mass is 32.2. The summed E-state index contributed by atoms with van der Waals surface area (Å²) in [5.41, 5.74) is 9.22. The first-order chi connectivity index (χ1) is 17.1. The van der Waals surface area contributed by atoms with Crippen molar-refractivity contribution in [1.29, 1.82) is 0 Å². The number of hydrazone groups is 1. The number of nitrogens with two attached hydrogens (primary N) is 1. The number of hydrogen-bond acceptors (Lipinski definition) is 7. The summed E-state index contributed by atoms with van der Waals surface area (Å²) < 4.78 is 4.68. The summed E-state index contributed by atoms with van der Waals surface area (Å²) in [6.07, 6.45) is 3.73. The van der Waals surface area contributed by atoms with E-state index in [0.717, 1.165) is 28.0 Å². The topological polar surface area (TPSA) is 84.7 Å². The molecule has 0 bridgehead atoms. The van der Waals surface area contributed by atoms with Crippen molar-refractivity contribution >= 4 is 34.6 Å². The van der Waals surface area contributed by atoms with E-state index in [9.17, 15) is 0 Å². The van der Waals surface area contributed by atoms with Crippen LogP contribution in [0.3, 0.4) is 0 Å². The van der Waals surface area contributed by atoms with Gasteiger partial charge >= 0.3 is 0 Å². The second-order valence-corrected chi connectivity index (χ2v) is 8.29. The first kappa shape index (κ1) is 30.4. The van der Waals surface area contributed by atoms with Crippen LogP contribution in [0.15, 0.2) is 75.3 Å². The van der Waals surface area contributed by atoms with Crippen molar-refractivity contribution in [3.63, 3.8) is 0 Å². The van der Waals surface area contributed by atoms with Gasteiger partial charge in [-0.1, -0.05) is 99.6 Å². The van der Waals surface area contributed by atoms with Crippen LogP contribution in [0.2, 0.25) is 0 Å². The van der Waals surface area contributed by atoms with Gasteiger partial charge in [0.25, 0.3) is 0 Å². The summed E-state index contributed by atoms with van der Waals surface area (Å²) in [5.74, 6) is 0.192. The predicted octanol–water partition coefficient (Wildman–Crippen LogP) is 5.98. The number of amidine groups is 1. The molecule has 9 heteroatoms. The molecule has 2 aromatic carbocycles. The van der Waals surface area contributed by atoms with Gasteiger partial charge < -0.3 is 5.73 Å². The van der Waals surface area contributed by atoms with Gasteiger partial charge in [-0.25, -0.2) is 5.01 Å². The molecule has 4 rings (SSSR count). The fourth-order valence-electron chi connectivity index (χ4n) is 3.20. The number of aromatic nitrogens is 3.